The van der Waals surface area contributed by atoms with Crippen LogP contribution in [0.4, 0.5) is 0 Å². The van der Waals surface area contributed by atoms with Crippen LogP contribution in [0.25, 0.3) is 0 Å². The smallest absolute Gasteiger partial charge is 0.257 e. The Labute approximate surface area is 125 Å². The van der Waals surface area contributed by atoms with E-state index in [2.05, 4.69) is 15.9 Å². The summed E-state index contributed by atoms with van der Waals surface area (Å²) in [4.78, 5) is 13.9. The summed E-state index contributed by atoms with van der Waals surface area (Å²) < 4.78 is 0.377. The van der Waals surface area contributed by atoms with E-state index in [4.69, 9.17) is 11.6 Å². The minimum absolute atomic E-state index is 0.131. The molecule has 4 nitrogen and oxygen atoms in total. The zero-order valence-corrected chi connectivity index (χ0v) is 13.0. The molecule has 0 radical (unpaired) electrons. The first-order valence-electron chi connectivity index (χ1n) is 5.88. The fourth-order valence-electron chi connectivity index (χ4n) is 2.17. The number of carbonyl (C=O) groups is 1. The number of hydrogen-bond donors (Lipinski definition) is 2. The molecular weight excluding hydrogens is 334 g/mol. The number of aliphatic hydroxyl groups excluding tert-OH is 1. The zero-order valence-electron chi connectivity index (χ0n) is 10.7. The van der Waals surface area contributed by atoms with Crippen LogP contribution in [0.15, 0.2) is 16.6 Å². The Kier molecular flexibility index (Phi) is 3.82. The average molecular weight is 349 g/mol. The van der Waals surface area contributed by atoms with Crippen molar-refractivity contribution in [3.8, 4) is 5.75 Å². The molecule has 1 saturated heterocycles. The second kappa shape index (κ2) is 4.96. The lowest BCUT2D eigenvalue weighted by Gasteiger charge is -2.21. The number of amides is 1. The molecule has 2 rings (SSSR count). The largest absolute Gasteiger partial charge is 0.506 e. The highest BCUT2D eigenvalue weighted by Crippen LogP contribution is 2.35. The van der Waals surface area contributed by atoms with Gasteiger partial charge in [0.15, 0.2) is 0 Å². The van der Waals surface area contributed by atoms with E-state index in [1.807, 2.05) is 13.8 Å². The summed E-state index contributed by atoms with van der Waals surface area (Å²) >= 11 is 9.05. The maximum atomic E-state index is 12.4. The van der Waals surface area contributed by atoms with Crippen molar-refractivity contribution in [3.63, 3.8) is 0 Å². The molecule has 1 heterocycles. The number of aliphatic hydroxyl groups is 1. The number of rotatable bonds is 1. The van der Waals surface area contributed by atoms with Crippen LogP contribution in [-0.4, -0.2) is 40.2 Å². The third kappa shape index (κ3) is 2.73. The van der Waals surface area contributed by atoms with Gasteiger partial charge in [-0.15, -0.1) is 0 Å². The maximum Gasteiger partial charge on any atom is 0.257 e. The van der Waals surface area contributed by atoms with Crippen molar-refractivity contribution in [3.05, 3.63) is 27.2 Å². The van der Waals surface area contributed by atoms with Gasteiger partial charge < -0.3 is 15.1 Å². The van der Waals surface area contributed by atoms with E-state index >= 15 is 0 Å². The van der Waals surface area contributed by atoms with Gasteiger partial charge in [-0.2, -0.15) is 0 Å². The van der Waals surface area contributed by atoms with Gasteiger partial charge in [0.25, 0.3) is 5.91 Å². The highest BCUT2D eigenvalue weighted by Gasteiger charge is 2.40. The lowest BCUT2D eigenvalue weighted by molar-refractivity contribution is 0.0759. The summed E-state index contributed by atoms with van der Waals surface area (Å²) in [7, 11) is 0. The van der Waals surface area contributed by atoms with Gasteiger partial charge in [-0.05, 0) is 28.1 Å². The number of nitrogens with zero attached hydrogens (tertiary/aromatic N) is 1. The van der Waals surface area contributed by atoms with Gasteiger partial charge in [0.05, 0.1) is 16.1 Å². The molecule has 0 aromatic heterocycles. The second-order valence-electron chi connectivity index (χ2n) is 5.47. The number of β-amino-alcohol motifs (C(OH)–C–C–N with tert-alkyl or cyclic N) is 1. The Morgan fingerprint density at radius 2 is 2.16 bits per heavy atom. The number of aromatic hydroxyl groups is 1. The van der Waals surface area contributed by atoms with Crippen LogP contribution >= 0.6 is 27.5 Å². The number of halogens is 2. The van der Waals surface area contributed by atoms with Gasteiger partial charge in [-0.25, -0.2) is 0 Å². The van der Waals surface area contributed by atoms with Gasteiger partial charge in [-0.3, -0.25) is 4.79 Å². The fraction of sp³-hybridized carbons (Fsp3) is 0.462. The van der Waals surface area contributed by atoms with Gasteiger partial charge in [0, 0.05) is 23.5 Å². The molecule has 1 aromatic rings. The summed E-state index contributed by atoms with van der Waals surface area (Å²) in [6, 6.07) is 2.96. The van der Waals surface area contributed by atoms with Gasteiger partial charge in [-0.1, -0.05) is 25.4 Å². The number of phenolic OH excluding ortho intramolecular Hbond substituents is 1. The molecule has 104 valence electrons. The number of hydrogen-bond acceptors (Lipinski definition) is 3. The number of phenols is 1. The van der Waals surface area contributed by atoms with Crippen molar-refractivity contribution in [2.75, 3.05) is 13.1 Å². The average Bonchev–Trinajstić information content (AvgIpc) is 2.57. The predicted octanol–water partition coefficient (Wildman–Crippen LogP) is 2.65. The summed E-state index contributed by atoms with van der Waals surface area (Å²) in [5.74, 6) is -0.459. The lowest BCUT2D eigenvalue weighted by Crippen LogP contribution is -2.30. The third-order valence-corrected chi connectivity index (χ3v) is 4.26. The molecule has 6 heteroatoms. The van der Waals surface area contributed by atoms with Crippen LogP contribution in [-0.2, 0) is 0 Å². The van der Waals surface area contributed by atoms with E-state index in [-0.39, 0.29) is 29.2 Å². The van der Waals surface area contributed by atoms with Crippen LogP contribution in [0.1, 0.15) is 24.2 Å². The Hall–Kier alpha value is -0.780. The summed E-state index contributed by atoms with van der Waals surface area (Å²) in [6.45, 7) is 4.50. The van der Waals surface area contributed by atoms with Gasteiger partial charge in [0.1, 0.15) is 5.75 Å². The van der Waals surface area contributed by atoms with Crippen LogP contribution in [0, 0.1) is 5.41 Å². The van der Waals surface area contributed by atoms with Crippen molar-refractivity contribution in [2.24, 2.45) is 5.41 Å². The van der Waals surface area contributed by atoms with Crippen LogP contribution in [0.2, 0.25) is 5.02 Å². The van der Waals surface area contributed by atoms with Crippen LogP contribution < -0.4 is 0 Å². The molecule has 2 N–H and O–H groups in total. The number of likely N-dealkylation sites (tertiary alicyclic amines) is 1. The molecule has 0 spiro atoms. The first-order valence-corrected chi connectivity index (χ1v) is 7.05. The monoisotopic (exact) mass is 347 g/mol. The number of carbonyl (C=O) groups excluding carboxylic acids is 1. The quantitative estimate of drug-likeness (QED) is 0.820. The molecule has 1 fully saturated rings. The van der Waals surface area contributed by atoms with Crippen LogP contribution in [0.5, 0.6) is 5.75 Å². The fourth-order valence-corrected chi connectivity index (χ4v) is 2.98. The summed E-state index contributed by atoms with van der Waals surface area (Å²) in [5.41, 5.74) is -0.203. The molecule has 1 aliphatic rings. The van der Waals surface area contributed by atoms with Crippen molar-refractivity contribution < 1.29 is 15.0 Å². The Morgan fingerprint density at radius 1 is 1.53 bits per heavy atom. The zero-order chi connectivity index (χ0) is 14.4. The first-order chi connectivity index (χ1) is 8.72. The lowest BCUT2D eigenvalue weighted by atomic mass is 9.90. The summed E-state index contributed by atoms with van der Waals surface area (Å²) in [5, 5.41) is 20.2. The predicted molar refractivity (Wildman–Crippen MR) is 76.5 cm³/mol. The van der Waals surface area contributed by atoms with Crippen LogP contribution in [0.3, 0.4) is 0 Å². The Morgan fingerprint density at radius 3 is 2.68 bits per heavy atom. The molecule has 1 unspecified atom stereocenters. The second-order valence-corrected chi connectivity index (χ2v) is 6.76. The molecule has 1 aromatic carbocycles. The molecule has 1 aliphatic heterocycles. The minimum Gasteiger partial charge on any atom is -0.506 e. The first kappa shape index (κ1) is 14.6. The van der Waals surface area contributed by atoms with E-state index in [0.29, 0.717) is 16.0 Å². The normalized spacial score (nSPS) is 21.7. The highest BCUT2D eigenvalue weighted by molar-refractivity contribution is 9.10. The van der Waals surface area contributed by atoms with E-state index in [9.17, 15) is 15.0 Å². The maximum absolute atomic E-state index is 12.4. The Balaban J connectivity index is 2.32. The van der Waals surface area contributed by atoms with E-state index < -0.39 is 6.10 Å². The molecule has 1 atom stereocenters. The van der Waals surface area contributed by atoms with E-state index in [1.54, 1.807) is 0 Å². The standard InChI is InChI=1S/C13H15BrClNO3/c1-13(2)6-16(5-10(13)17)12(19)8-3-7(15)4-9(14)11(8)18/h3-4,10,17-18H,5-6H2,1-2H3. The van der Waals surface area contributed by atoms with E-state index in [1.165, 1.54) is 17.0 Å². The molecule has 1 amide bonds. The van der Waals surface area contributed by atoms with Crippen molar-refractivity contribution >= 4 is 33.4 Å². The minimum atomic E-state index is -0.568. The topological polar surface area (TPSA) is 60.8 Å². The number of benzene rings is 1. The highest BCUT2D eigenvalue weighted by atomic mass is 79.9. The molecule has 19 heavy (non-hydrogen) atoms. The van der Waals surface area contributed by atoms with Gasteiger partial charge >= 0.3 is 0 Å². The SMILES string of the molecule is CC1(C)CN(C(=O)c2cc(Cl)cc(Br)c2O)CC1O. The molecule has 0 aliphatic carbocycles. The molecule has 0 bridgehead atoms. The van der Waals surface area contributed by atoms with E-state index in [0.717, 1.165) is 0 Å². The Bertz CT molecular complexity index is 533. The molecule has 0 saturated carbocycles. The van der Waals surface area contributed by atoms with Crippen molar-refractivity contribution in [1.82, 2.24) is 4.90 Å². The van der Waals surface area contributed by atoms with Gasteiger partial charge in [0.2, 0.25) is 0 Å². The molecular formula is C13H15BrClNO3. The van der Waals surface area contributed by atoms with Crippen molar-refractivity contribution in [2.45, 2.75) is 20.0 Å². The summed E-state index contributed by atoms with van der Waals surface area (Å²) in [6.07, 6.45) is -0.568. The van der Waals surface area contributed by atoms with Crippen molar-refractivity contribution in [1.29, 1.82) is 0 Å². The third-order valence-electron chi connectivity index (χ3n) is 3.44.